The number of halogens is 3. The van der Waals surface area contributed by atoms with E-state index in [9.17, 15) is 18.4 Å². The number of benzene rings is 1. The second-order valence-electron chi connectivity index (χ2n) is 8.86. The van der Waals surface area contributed by atoms with E-state index in [2.05, 4.69) is 27.2 Å². The van der Waals surface area contributed by atoms with Crippen molar-refractivity contribution >= 4 is 34.8 Å². The molecule has 0 radical (unpaired) electrons. The van der Waals surface area contributed by atoms with E-state index in [0.717, 1.165) is 6.07 Å². The quantitative estimate of drug-likeness (QED) is 0.364. The van der Waals surface area contributed by atoms with Gasteiger partial charge in [-0.2, -0.15) is 0 Å². The van der Waals surface area contributed by atoms with Crippen LogP contribution in [0.3, 0.4) is 0 Å². The van der Waals surface area contributed by atoms with Crippen molar-refractivity contribution in [1.82, 2.24) is 20.2 Å². The van der Waals surface area contributed by atoms with Crippen LogP contribution in [-0.2, 0) is 11.2 Å². The van der Waals surface area contributed by atoms with Crippen molar-refractivity contribution in [1.29, 1.82) is 0 Å². The molecule has 2 amide bonds. The van der Waals surface area contributed by atoms with Gasteiger partial charge in [0, 0.05) is 43.0 Å². The highest BCUT2D eigenvalue weighted by molar-refractivity contribution is 6.32. The maximum atomic E-state index is 14.3. The molecule has 0 bridgehead atoms. The van der Waals surface area contributed by atoms with Crippen molar-refractivity contribution in [2.75, 3.05) is 32.1 Å². The molecule has 0 spiro atoms. The van der Waals surface area contributed by atoms with Gasteiger partial charge in [0.1, 0.15) is 18.2 Å². The van der Waals surface area contributed by atoms with Gasteiger partial charge in [-0.15, -0.1) is 0 Å². The minimum Gasteiger partial charge on any atom is -0.493 e. The summed E-state index contributed by atoms with van der Waals surface area (Å²) in [6.45, 7) is 4.05. The maximum absolute atomic E-state index is 14.3. The topological polar surface area (TPSA) is 109 Å². The monoisotopic (exact) mass is 543 g/mol. The molecule has 5 rings (SSSR count). The molecular formula is C26H24ClF2N5O4. The molecule has 1 atom stereocenters. The summed E-state index contributed by atoms with van der Waals surface area (Å²) in [6.07, 6.45) is 4.28. The normalized spacial score (nSPS) is 16.3. The summed E-state index contributed by atoms with van der Waals surface area (Å²) in [5.74, 6) is -2.08. The molecule has 38 heavy (non-hydrogen) atoms. The molecule has 1 saturated heterocycles. The van der Waals surface area contributed by atoms with Gasteiger partial charge >= 0.3 is 0 Å². The van der Waals surface area contributed by atoms with Gasteiger partial charge in [-0.05, 0) is 18.6 Å². The number of anilines is 2. The third-order valence-corrected chi connectivity index (χ3v) is 6.84. The van der Waals surface area contributed by atoms with Crippen LogP contribution in [0.1, 0.15) is 22.5 Å². The number of aromatic nitrogens is 2. The van der Waals surface area contributed by atoms with Crippen LogP contribution in [0.25, 0.3) is 11.3 Å². The second-order valence-corrected chi connectivity index (χ2v) is 9.26. The van der Waals surface area contributed by atoms with Crippen molar-refractivity contribution in [2.45, 2.75) is 18.9 Å². The number of nitrogens with zero attached hydrogens (tertiary/aromatic N) is 2. The Kier molecular flexibility index (Phi) is 6.94. The van der Waals surface area contributed by atoms with Crippen LogP contribution >= 0.6 is 11.6 Å². The predicted molar refractivity (Wildman–Crippen MR) is 137 cm³/mol. The summed E-state index contributed by atoms with van der Waals surface area (Å²) >= 11 is 6.20. The lowest BCUT2D eigenvalue weighted by atomic mass is 10.0. The summed E-state index contributed by atoms with van der Waals surface area (Å²) in [5.41, 5.74) is 2.73. The van der Waals surface area contributed by atoms with Crippen LogP contribution in [0.2, 0.25) is 5.02 Å². The third-order valence-electron chi connectivity index (χ3n) is 6.56. The van der Waals surface area contributed by atoms with Gasteiger partial charge < -0.3 is 30.0 Å². The van der Waals surface area contributed by atoms with Crippen LogP contribution in [0, 0.1) is 5.82 Å². The number of ether oxygens (including phenoxy) is 2. The van der Waals surface area contributed by atoms with Gasteiger partial charge in [0.05, 0.1) is 47.0 Å². The van der Waals surface area contributed by atoms with E-state index in [1.165, 1.54) is 24.3 Å². The number of aromatic amines is 1. The highest BCUT2D eigenvalue weighted by Gasteiger charge is 2.34. The first-order valence-corrected chi connectivity index (χ1v) is 12.2. The second kappa shape index (κ2) is 10.3. The Balaban J connectivity index is 1.52. The lowest BCUT2D eigenvalue weighted by molar-refractivity contribution is -0.137. The highest BCUT2D eigenvalue weighted by atomic mass is 35.5. The Morgan fingerprint density at radius 3 is 2.92 bits per heavy atom. The van der Waals surface area contributed by atoms with Crippen molar-refractivity contribution < 1.29 is 27.8 Å². The molecule has 3 N–H and O–H groups in total. The van der Waals surface area contributed by atoms with E-state index in [1.54, 1.807) is 12.3 Å². The first-order valence-electron chi connectivity index (χ1n) is 11.8. The number of pyridine rings is 1. The molecule has 3 aromatic rings. The SMILES string of the molecule is C=C(F)C(=O)N1CC[C@@H]1COc1cnccc1-c1[nH]c2c(c1Nc1cc(F)cc(Cl)c1OC)C(=O)NCC2. The zero-order chi connectivity index (χ0) is 27.0. The molecule has 12 heteroatoms. The average molecular weight is 544 g/mol. The number of carbonyl (C=O) groups is 2. The van der Waals surface area contributed by atoms with Crippen LogP contribution in [0.4, 0.5) is 20.2 Å². The van der Waals surface area contributed by atoms with Gasteiger partial charge in [0.2, 0.25) is 0 Å². The minimum atomic E-state index is -1.02. The maximum Gasteiger partial charge on any atom is 0.282 e. The molecule has 1 aromatic carbocycles. The van der Waals surface area contributed by atoms with E-state index in [0.29, 0.717) is 59.9 Å². The smallest absolute Gasteiger partial charge is 0.282 e. The Hall–Kier alpha value is -4.12. The van der Waals surface area contributed by atoms with Gasteiger partial charge in [0.25, 0.3) is 11.8 Å². The Morgan fingerprint density at radius 2 is 2.21 bits per heavy atom. The molecule has 0 saturated carbocycles. The molecule has 0 aliphatic carbocycles. The molecule has 2 aliphatic heterocycles. The third kappa shape index (κ3) is 4.65. The molecule has 4 heterocycles. The van der Waals surface area contributed by atoms with E-state index in [4.69, 9.17) is 21.1 Å². The summed E-state index contributed by atoms with van der Waals surface area (Å²) in [5, 5.41) is 6.03. The predicted octanol–water partition coefficient (Wildman–Crippen LogP) is 4.37. The van der Waals surface area contributed by atoms with Crippen molar-refractivity contribution in [2.24, 2.45) is 0 Å². The molecular weight excluding hydrogens is 520 g/mol. The number of fused-ring (bicyclic) bond motifs is 1. The summed E-state index contributed by atoms with van der Waals surface area (Å²) in [4.78, 5) is 33.7. The van der Waals surface area contributed by atoms with E-state index in [-0.39, 0.29) is 35.0 Å². The number of methoxy groups -OCH3 is 1. The lowest BCUT2D eigenvalue weighted by Crippen LogP contribution is -2.54. The average Bonchev–Trinajstić information content (AvgIpc) is 3.22. The summed E-state index contributed by atoms with van der Waals surface area (Å²) in [7, 11) is 1.41. The number of rotatable bonds is 8. The van der Waals surface area contributed by atoms with Crippen LogP contribution in [-0.4, -0.2) is 59.5 Å². The fraction of sp³-hybridized carbons (Fsp3) is 0.269. The van der Waals surface area contributed by atoms with Gasteiger partial charge in [-0.3, -0.25) is 14.6 Å². The molecule has 2 aromatic heterocycles. The zero-order valence-corrected chi connectivity index (χ0v) is 21.1. The van der Waals surface area contributed by atoms with Crippen molar-refractivity contribution in [3.63, 3.8) is 0 Å². The molecule has 198 valence electrons. The Labute approximate surface area is 221 Å². The minimum absolute atomic E-state index is 0.0638. The number of hydrogen-bond acceptors (Lipinski definition) is 6. The Morgan fingerprint density at radius 1 is 1.39 bits per heavy atom. The number of hydrogen-bond donors (Lipinski definition) is 3. The van der Waals surface area contributed by atoms with Gasteiger partial charge in [0.15, 0.2) is 11.6 Å². The Bertz CT molecular complexity index is 1440. The summed E-state index contributed by atoms with van der Waals surface area (Å²) in [6, 6.07) is 3.74. The van der Waals surface area contributed by atoms with Crippen LogP contribution < -0.4 is 20.1 Å². The van der Waals surface area contributed by atoms with Gasteiger partial charge in [-0.1, -0.05) is 18.2 Å². The molecule has 0 unspecified atom stereocenters. The number of amides is 2. The number of carbonyl (C=O) groups excluding carboxylic acids is 2. The van der Waals surface area contributed by atoms with Gasteiger partial charge in [-0.25, -0.2) is 8.78 Å². The largest absolute Gasteiger partial charge is 0.493 e. The van der Waals surface area contributed by atoms with E-state index >= 15 is 0 Å². The first kappa shape index (κ1) is 25.5. The number of H-pyrrole nitrogens is 1. The van der Waals surface area contributed by atoms with E-state index in [1.807, 2.05) is 0 Å². The fourth-order valence-corrected chi connectivity index (χ4v) is 4.91. The number of likely N-dealkylation sites (tertiary alicyclic amines) is 1. The molecule has 1 fully saturated rings. The van der Waals surface area contributed by atoms with Crippen LogP contribution in [0.5, 0.6) is 11.5 Å². The zero-order valence-electron chi connectivity index (χ0n) is 20.4. The van der Waals surface area contributed by atoms with E-state index < -0.39 is 17.6 Å². The highest BCUT2D eigenvalue weighted by Crippen LogP contribution is 2.43. The lowest BCUT2D eigenvalue weighted by Gasteiger charge is -2.40. The van der Waals surface area contributed by atoms with Crippen molar-refractivity contribution in [3.05, 3.63) is 65.1 Å². The summed E-state index contributed by atoms with van der Waals surface area (Å²) < 4.78 is 39.0. The standard InChI is InChI=1S/C26H24ClF2N5O4/c1-13(28)26(36)34-8-5-15(34)12-38-20-11-30-6-3-16(20)22-23(21-18(32-22)4-7-31-25(21)35)33-19-10-14(29)9-17(27)24(19)37-2/h3,6,9-11,15,32-33H,1,4-5,7-8,12H2,2H3,(H,31,35)/t15-/m1/s1. The van der Waals surface area contributed by atoms with Crippen molar-refractivity contribution in [3.8, 4) is 22.8 Å². The molecule has 9 nitrogen and oxygen atoms in total. The molecule has 2 aliphatic rings. The number of nitrogens with one attached hydrogen (secondary N) is 3. The van der Waals surface area contributed by atoms with Crippen LogP contribution in [0.15, 0.2) is 43.0 Å². The first-order chi connectivity index (χ1) is 18.3. The fourth-order valence-electron chi connectivity index (χ4n) is 4.63.